The molecule has 3 heteroatoms. The highest BCUT2D eigenvalue weighted by Crippen LogP contribution is 2.18. The van der Waals surface area contributed by atoms with Gasteiger partial charge in [-0.25, -0.2) is 0 Å². The average molecular weight is 234 g/mol. The van der Waals surface area contributed by atoms with E-state index in [4.69, 9.17) is 5.73 Å². The zero-order valence-corrected chi connectivity index (χ0v) is 11.4. The Morgan fingerprint density at radius 3 is 2.18 bits per heavy atom. The molecule has 0 saturated carbocycles. The van der Waals surface area contributed by atoms with Crippen LogP contribution in [0.1, 0.15) is 29.2 Å². The Balaban J connectivity index is 2.92. The van der Waals surface area contributed by atoms with Gasteiger partial charge >= 0.3 is 0 Å². The van der Waals surface area contributed by atoms with Crippen LogP contribution in [0.4, 0.5) is 0 Å². The van der Waals surface area contributed by atoms with Crippen LogP contribution < -0.4 is 5.73 Å². The van der Waals surface area contributed by atoms with E-state index in [1.807, 2.05) is 0 Å². The summed E-state index contributed by atoms with van der Waals surface area (Å²) in [5.41, 5.74) is 10.5. The molecule has 0 radical (unpaired) electrons. The van der Waals surface area contributed by atoms with Crippen LogP contribution in [0.2, 0.25) is 0 Å². The maximum Gasteiger partial charge on any atom is 0.239 e. The lowest BCUT2D eigenvalue weighted by atomic mass is 9.99. The summed E-state index contributed by atoms with van der Waals surface area (Å²) in [6, 6.07) is 3.85. The second-order valence-corrected chi connectivity index (χ2v) is 4.86. The SMILES string of the molecule is Cc1cc(C)c(CN(C)C(=O)C(C)N)c(C)c1. The predicted molar refractivity (Wildman–Crippen MR) is 70.8 cm³/mol. The first-order valence-corrected chi connectivity index (χ1v) is 5.90. The molecule has 2 N–H and O–H groups in total. The fourth-order valence-corrected chi connectivity index (χ4v) is 2.12. The van der Waals surface area contributed by atoms with Gasteiger partial charge in [-0.05, 0) is 44.4 Å². The van der Waals surface area contributed by atoms with E-state index in [-0.39, 0.29) is 5.91 Å². The molecule has 0 saturated heterocycles. The largest absolute Gasteiger partial charge is 0.340 e. The van der Waals surface area contributed by atoms with Crippen LogP contribution in [0.5, 0.6) is 0 Å². The van der Waals surface area contributed by atoms with Crippen molar-refractivity contribution >= 4 is 5.91 Å². The quantitative estimate of drug-likeness (QED) is 0.868. The van der Waals surface area contributed by atoms with Gasteiger partial charge in [-0.15, -0.1) is 0 Å². The summed E-state index contributed by atoms with van der Waals surface area (Å²) in [5, 5.41) is 0. The Morgan fingerprint density at radius 1 is 1.29 bits per heavy atom. The van der Waals surface area contributed by atoms with E-state index in [1.54, 1.807) is 18.9 Å². The number of amides is 1. The normalized spacial score (nSPS) is 12.4. The van der Waals surface area contributed by atoms with Crippen LogP contribution in [0.3, 0.4) is 0 Å². The average Bonchev–Trinajstić information content (AvgIpc) is 2.21. The summed E-state index contributed by atoms with van der Waals surface area (Å²) in [6.45, 7) is 8.59. The minimum Gasteiger partial charge on any atom is -0.340 e. The highest BCUT2D eigenvalue weighted by molar-refractivity contribution is 5.80. The molecular formula is C14H22N2O. The molecule has 94 valence electrons. The predicted octanol–water partition coefficient (Wildman–Crippen LogP) is 1.92. The molecule has 1 atom stereocenters. The molecule has 1 aromatic rings. The molecular weight excluding hydrogens is 212 g/mol. The third-order valence-corrected chi connectivity index (χ3v) is 3.00. The van der Waals surface area contributed by atoms with E-state index in [2.05, 4.69) is 32.9 Å². The second kappa shape index (κ2) is 5.32. The van der Waals surface area contributed by atoms with Crippen LogP contribution in [0.15, 0.2) is 12.1 Å². The highest BCUT2D eigenvalue weighted by atomic mass is 16.2. The zero-order valence-electron chi connectivity index (χ0n) is 11.4. The minimum atomic E-state index is -0.439. The number of nitrogens with two attached hydrogens (primary N) is 1. The molecule has 0 aliphatic carbocycles. The maximum absolute atomic E-state index is 11.7. The third kappa shape index (κ3) is 3.30. The highest BCUT2D eigenvalue weighted by Gasteiger charge is 2.15. The molecule has 1 aromatic carbocycles. The van der Waals surface area contributed by atoms with Gasteiger partial charge < -0.3 is 10.6 Å². The molecule has 1 unspecified atom stereocenters. The summed E-state index contributed by atoms with van der Waals surface area (Å²) in [4.78, 5) is 13.4. The van der Waals surface area contributed by atoms with Gasteiger partial charge in [0.2, 0.25) is 5.91 Å². The number of nitrogens with zero attached hydrogens (tertiary/aromatic N) is 1. The van der Waals surface area contributed by atoms with E-state index < -0.39 is 6.04 Å². The van der Waals surface area contributed by atoms with Crippen LogP contribution in [-0.4, -0.2) is 23.9 Å². The van der Waals surface area contributed by atoms with Crippen molar-refractivity contribution in [3.63, 3.8) is 0 Å². The molecule has 1 rings (SSSR count). The zero-order chi connectivity index (χ0) is 13.2. The van der Waals surface area contributed by atoms with Gasteiger partial charge in [0.1, 0.15) is 0 Å². The van der Waals surface area contributed by atoms with E-state index >= 15 is 0 Å². The fourth-order valence-electron chi connectivity index (χ4n) is 2.12. The Bertz CT molecular complexity index is 401. The lowest BCUT2D eigenvalue weighted by Crippen LogP contribution is -2.39. The smallest absolute Gasteiger partial charge is 0.239 e. The molecule has 0 aliphatic heterocycles. The van der Waals surface area contributed by atoms with E-state index in [9.17, 15) is 4.79 Å². The number of likely N-dealkylation sites (N-methyl/N-ethyl adjacent to an activating group) is 1. The van der Waals surface area contributed by atoms with E-state index in [0.29, 0.717) is 6.54 Å². The number of carbonyl (C=O) groups excluding carboxylic acids is 1. The maximum atomic E-state index is 11.7. The summed E-state index contributed by atoms with van der Waals surface area (Å²) in [6.07, 6.45) is 0. The first-order chi connectivity index (χ1) is 7.82. The van der Waals surface area contributed by atoms with Gasteiger partial charge in [0.05, 0.1) is 6.04 Å². The number of carbonyl (C=O) groups is 1. The first-order valence-electron chi connectivity index (χ1n) is 5.90. The van der Waals surface area contributed by atoms with Crippen molar-refractivity contribution < 1.29 is 4.79 Å². The molecule has 0 heterocycles. The van der Waals surface area contributed by atoms with E-state index in [0.717, 1.165) is 0 Å². The molecule has 0 bridgehead atoms. The van der Waals surface area contributed by atoms with Crippen molar-refractivity contribution in [3.8, 4) is 0 Å². The molecule has 0 aliphatic rings. The van der Waals surface area contributed by atoms with Crippen molar-refractivity contribution in [2.24, 2.45) is 5.73 Å². The second-order valence-electron chi connectivity index (χ2n) is 4.86. The number of benzene rings is 1. The monoisotopic (exact) mass is 234 g/mol. The third-order valence-electron chi connectivity index (χ3n) is 3.00. The summed E-state index contributed by atoms with van der Waals surface area (Å²) >= 11 is 0. The summed E-state index contributed by atoms with van der Waals surface area (Å²) in [5.74, 6) is -0.0237. The molecule has 0 fully saturated rings. The van der Waals surface area contributed by atoms with Crippen LogP contribution in [0, 0.1) is 20.8 Å². The van der Waals surface area contributed by atoms with Crippen LogP contribution in [0.25, 0.3) is 0 Å². The van der Waals surface area contributed by atoms with Gasteiger partial charge in [0.25, 0.3) is 0 Å². The lowest BCUT2D eigenvalue weighted by Gasteiger charge is -2.22. The van der Waals surface area contributed by atoms with Gasteiger partial charge in [0, 0.05) is 13.6 Å². The summed E-state index contributed by atoms with van der Waals surface area (Å²) < 4.78 is 0. The van der Waals surface area contributed by atoms with Crippen molar-refractivity contribution in [1.82, 2.24) is 4.90 Å². The van der Waals surface area contributed by atoms with Crippen LogP contribution in [-0.2, 0) is 11.3 Å². The van der Waals surface area contributed by atoms with E-state index in [1.165, 1.54) is 22.3 Å². The summed E-state index contributed by atoms with van der Waals surface area (Å²) in [7, 11) is 1.80. The Hall–Kier alpha value is -1.35. The first kappa shape index (κ1) is 13.7. The van der Waals surface area contributed by atoms with Crippen molar-refractivity contribution in [3.05, 3.63) is 34.4 Å². The molecule has 0 aromatic heterocycles. The molecule has 1 amide bonds. The number of aryl methyl sites for hydroxylation is 3. The molecule has 0 spiro atoms. The molecule has 3 nitrogen and oxygen atoms in total. The van der Waals surface area contributed by atoms with Gasteiger partial charge in [-0.1, -0.05) is 17.7 Å². The van der Waals surface area contributed by atoms with Gasteiger partial charge in [-0.3, -0.25) is 4.79 Å². The number of rotatable bonds is 3. The van der Waals surface area contributed by atoms with Crippen molar-refractivity contribution in [2.45, 2.75) is 40.3 Å². The lowest BCUT2D eigenvalue weighted by molar-refractivity contribution is -0.131. The van der Waals surface area contributed by atoms with Crippen molar-refractivity contribution in [2.75, 3.05) is 7.05 Å². The standard InChI is InChI=1S/C14H22N2O/c1-9-6-10(2)13(11(3)7-9)8-16(5)14(17)12(4)15/h6-7,12H,8,15H2,1-5H3. The van der Waals surface area contributed by atoms with Gasteiger partial charge in [-0.2, -0.15) is 0 Å². The topological polar surface area (TPSA) is 46.3 Å². The Morgan fingerprint density at radius 2 is 1.76 bits per heavy atom. The Labute approximate surface area is 104 Å². The fraction of sp³-hybridized carbons (Fsp3) is 0.500. The number of hydrogen-bond donors (Lipinski definition) is 1. The Kier molecular flexibility index (Phi) is 4.29. The van der Waals surface area contributed by atoms with Gasteiger partial charge in [0.15, 0.2) is 0 Å². The molecule has 17 heavy (non-hydrogen) atoms. The number of hydrogen-bond acceptors (Lipinski definition) is 2. The van der Waals surface area contributed by atoms with Crippen molar-refractivity contribution in [1.29, 1.82) is 0 Å². The van der Waals surface area contributed by atoms with Crippen LogP contribution >= 0.6 is 0 Å². The minimum absolute atomic E-state index is 0.0237.